The van der Waals surface area contributed by atoms with Gasteiger partial charge in [0.05, 0.1) is 23.9 Å². The number of aromatic nitrogens is 1. The zero-order chi connectivity index (χ0) is 21.8. The van der Waals surface area contributed by atoms with E-state index >= 15 is 0 Å². The molecule has 0 saturated carbocycles. The van der Waals surface area contributed by atoms with Gasteiger partial charge in [0, 0.05) is 36.4 Å². The van der Waals surface area contributed by atoms with Crippen molar-refractivity contribution in [2.24, 2.45) is 0 Å². The molecule has 1 aliphatic rings. The predicted octanol–water partition coefficient (Wildman–Crippen LogP) is 3.18. The minimum atomic E-state index is -0.243. The topological polar surface area (TPSA) is 84.6 Å². The molecule has 1 fully saturated rings. The van der Waals surface area contributed by atoms with Gasteiger partial charge in [0.2, 0.25) is 0 Å². The summed E-state index contributed by atoms with van der Waals surface area (Å²) in [6.07, 6.45) is 5.79. The maximum absolute atomic E-state index is 12.8. The van der Waals surface area contributed by atoms with Gasteiger partial charge in [0.1, 0.15) is 6.26 Å². The molecular formula is C23H22ClN3O4. The van der Waals surface area contributed by atoms with Gasteiger partial charge in [-0.05, 0) is 36.6 Å². The Morgan fingerprint density at radius 2 is 1.84 bits per heavy atom. The quantitative estimate of drug-likeness (QED) is 0.661. The molecule has 160 valence electrons. The summed E-state index contributed by atoms with van der Waals surface area (Å²) >= 11 is 6.20. The van der Waals surface area contributed by atoms with Crippen molar-refractivity contribution < 1.29 is 14.0 Å². The summed E-state index contributed by atoms with van der Waals surface area (Å²) in [6, 6.07) is 11.8. The summed E-state index contributed by atoms with van der Waals surface area (Å²) in [7, 11) is 0. The average molecular weight is 440 g/mol. The van der Waals surface area contributed by atoms with Crippen LogP contribution in [-0.2, 0) is 6.54 Å². The Kier molecular flexibility index (Phi) is 6.23. The molecule has 1 N–H and O–H groups in total. The number of piperidine rings is 1. The minimum Gasteiger partial charge on any atom is -0.472 e. The first-order valence-electron chi connectivity index (χ1n) is 10.1. The molecule has 0 unspecified atom stereocenters. The molecule has 0 radical (unpaired) electrons. The SMILES string of the molecule is O=C(NC1CCN(C(=O)c2ccoc2)CC1)c1ccc(=O)n(Cc2ccccc2Cl)c1. The fourth-order valence-electron chi connectivity index (χ4n) is 3.66. The van der Waals surface area contributed by atoms with Crippen LogP contribution in [0.1, 0.15) is 39.1 Å². The highest BCUT2D eigenvalue weighted by molar-refractivity contribution is 6.31. The molecule has 0 aliphatic carbocycles. The number of hydrogen-bond donors (Lipinski definition) is 1. The molecule has 1 aromatic carbocycles. The van der Waals surface area contributed by atoms with Crippen LogP contribution in [0.5, 0.6) is 0 Å². The highest BCUT2D eigenvalue weighted by Crippen LogP contribution is 2.17. The Morgan fingerprint density at radius 1 is 1.06 bits per heavy atom. The van der Waals surface area contributed by atoms with Crippen LogP contribution in [0.4, 0.5) is 0 Å². The van der Waals surface area contributed by atoms with Gasteiger partial charge < -0.3 is 19.2 Å². The van der Waals surface area contributed by atoms with Gasteiger partial charge in [-0.2, -0.15) is 0 Å². The second kappa shape index (κ2) is 9.22. The van der Waals surface area contributed by atoms with Crippen molar-refractivity contribution >= 4 is 23.4 Å². The average Bonchev–Trinajstić information content (AvgIpc) is 3.32. The number of benzene rings is 1. The number of halogens is 1. The third-order valence-corrected chi connectivity index (χ3v) is 5.80. The van der Waals surface area contributed by atoms with Crippen LogP contribution in [0.25, 0.3) is 0 Å². The Hall–Kier alpha value is -3.32. The van der Waals surface area contributed by atoms with Crippen molar-refractivity contribution in [3.05, 3.63) is 93.3 Å². The molecule has 2 aromatic heterocycles. The lowest BCUT2D eigenvalue weighted by Gasteiger charge is -2.32. The maximum Gasteiger partial charge on any atom is 0.257 e. The molecule has 1 saturated heterocycles. The lowest BCUT2D eigenvalue weighted by molar-refractivity contribution is 0.0697. The number of nitrogens with one attached hydrogen (secondary N) is 1. The lowest BCUT2D eigenvalue weighted by atomic mass is 10.0. The molecule has 0 spiro atoms. The normalized spacial score (nSPS) is 14.4. The van der Waals surface area contributed by atoms with Crippen LogP contribution in [0.2, 0.25) is 5.02 Å². The number of nitrogens with zero attached hydrogens (tertiary/aromatic N) is 2. The number of carbonyl (C=O) groups excluding carboxylic acids is 2. The summed E-state index contributed by atoms with van der Waals surface area (Å²) in [6.45, 7) is 1.40. The molecule has 4 rings (SSSR count). The summed E-state index contributed by atoms with van der Waals surface area (Å²) in [5.74, 6) is -0.308. The monoisotopic (exact) mass is 439 g/mol. The fraction of sp³-hybridized carbons (Fsp3) is 0.261. The fourth-order valence-corrected chi connectivity index (χ4v) is 3.86. The van der Waals surface area contributed by atoms with Crippen LogP contribution < -0.4 is 10.9 Å². The van der Waals surface area contributed by atoms with E-state index in [0.717, 1.165) is 5.56 Å². The van der Waals surface area contributed by atoms with E-state index in [9.17, 15) is 14.4 Å². The summed E-state index contributed by atoms with van der Waals surface area (Å²) in [4.78, 5) is 39.1. The number of pyridine rings is 1. The van der Waals surface area contributed by atoms with E-state index in [1.54, 1.807) is 23.2 Å². The first kappa shape index (κ1) is 20.9. The van der Waals surface area contributed by atoms with E-state index in [4.69, 9.17) is 16.0 Å². The van der Waals surface area contributed by atoms with Gasteiger partial charge in [-0.1, -0.05) is 29.8 Å². The zero-order valence-corrected chi connectivity index (χ0v) is 17.5. The number of likely N-dealkylation sites (tertiary alicyclic amines) is 1. The molecule has 3 heterocycles. The van der Waals surface area contributed by atoms with E-state index < -0.39 is 0 Å². The lowest BCUT2D eigenvalue weighted by Crippen LogP contribution is -2.46. The number of amides is 2. The molecule has 8 heteroatoms. The largest absolute Gasteiger partial charge is 0.472 e. The first-order chi connectivity index (χ1) is 15.0. The molecule has 7 nitrogen and oxygen atoms in total. The maximum atomic E-state index is 12.8. The van der Waals surface area contributed by atoms with E-state index in [1.807, 2.05) is 18.2 Å². The number of furan rings is 1. The Morgan fingerprint density at radius 3 is 2.55 bits per heavy atom. The van der Waals surface area contributed by atoms with E-state index in [1.165, 1.54) is 29.2 Å². The van der Waals surface area contributed by atoms with E-state index in [0.29, 0.717) is 42.1 Å². The van der Waals surface area contributed by atoms with Crippen molar-refractivity contribution in [3.63, 3.8) is 0 Å². The van der Waals surface area contributed by atoms with Crippen molar-refractivity contribution in [2.75, 3.05) is 13.1 Å². The highest BCUT2D eigenvalue weighted by Gasteiger charge is 2.25. The smallest absolute Gasteiger partial charge is 0.257 e. The van der Waals surface area contributed by atoms with Gasteiger partial charge >= 0.3 is 0 Å². The van der Waals surface area contributed by atoms with Crippen molar-refractivity contribution in [2.45, 2.75) is 25.4 Å². The molecule has 31 heavy (non-hydrogen) atoms. The number of hydrogen-bond acceptors (Lipinski definition) is 4. The summed E-state index contributed by atoms with van der Waals surface area (Å²) in [5.41, 5.74) is 1.54. The van der Waals surface area contributed by atoms with Crippen molar-refractivity contribution in [1.29, 1.82) is 0 Å². The van der Waals surface area contributed by atoms with E-state index in [2.05, 4.69) is 5.32 Å². The first-order valence-corrected chi connectivity index (χ1v) is 10.5. The predicted molar refractivity (Wildman–Crippen MR) is 116 cm³/mol. The second-order valence-electron chi connectivity index (χ2n) is 7.53. The molecular weight excluding hydrogens is 418 g/mol. The molecule has 3 aromatic rings. The number of carbonyl (C=O) groups is 2. The molecule has 2 amide bonds. The van der Waals surface area contributed by atoms with Crippen LogP contribution >= 0.6 is 11.6 Å². The van der Waals surface area contributed by atoms with Crippen molar-refractivity contribution in [1.82, 2.24) is 14.8 Å². The third-order valence-electron chi connectivity index (χ3n) is 5.43. The highest BCUT2D eigenvalue weighted by atomic mass is 35.5. The second-order valence-corrected chi connectivity index (χ2v) is 7.93. The van der Waals surface area contributed by atoms with E-state index in [-0.39, 0.29) is 30.0 Å². The van der Waals surface area contributed by atoms with Crippen molar-refractivity contribution in [3.8, 4) is 0 Å². The summed E-state index contributed by atoms with van der Waals surface area (Å²) in [5, 5.41) is 3.58. The van der Waals surface area contributed by atoms with Crippen LogP contribution in [0, 0.1) is 0 Å². The van der Waals surface area contributed by atoms with Gasteiger partial charge in [0.25, 0.3) is 17.4 Å². The van der Waals surface area contributed by atoms with Gasteiger partial charge in [-0.15, -0.1) is 0 Å². The van der Waals surface area contributed by atoms with Crippen LogP contribution in [0.15, 0.2) is 70.4 Å². The molecule has 0 bridgehead atoms. The standard InChI is InChI=1S/C23H22ClN3O4/c24-20-4-2-1-3-16(20)13-27-14-17(5-6-21(27)28)22(29)25-19-7-10-26(11-8-19)23(30)18-9-12-31-15-18/h1-6,9,12,14-15,19H,7-8,10-11,13H2,(H,25,29). The van der Waals surface area contributed by atoms with Crippen LogP contribution in [0.3, 0.4) is 0 Å². The molecule has 1 aliphatic heterocycles. The zero-order valence-electron chi connectivity index (χ0n) is 16.8. The van der Waals surface area contributed by atoms with Crippen LogP contribution in [-0.4, -0.2) is 40.4 Å². The summed E-state index contributed by atoms with van der Waals surface area (Å²) < 4.78 is 6.45. The Bertz CT molecular complexity index is 1130. The minimum absolute atomic E-state index is 0.0372. The van der Waals surface area contributed by atoms with Gasteiger partial charge in [-0.3, -0.25) is 14.4 Å². The number of rotatable bonds is 5. The Balaban J connectivity index is 1.37. The van der Waals surface area contributed by atoms with Gasteiger partial charge in [-0.25, -0.2) is 0 Å². The molecule has 0 atom stereocenters. The Labute approximate surface area is 184 Å². The third kappa shape index (κ3) is 4.88. The van der Waals surface area contributed by atoms with Gasteiger partial charge in [0.15, 0.2) is 0 Å².